The average Bonchev–Trinajstić information content (AvgIpc) is 3.16. The van der Waals surface area contributed by atoms with Gasteiger partial charge in [0.2, 0.25) is 0 Å². The number of nitrogens with zero attached hydrogens (tertiary/aromatic N) is 3. The van der Waals surface area contributed by atoms with Crippen molar-refractivity contribution in [1.29, 1.82) is 0 Å². The summed E-state index contributed by atoms with van der Waals surface area (Å²) in [5.74, 6) is -2.83. The Morgan fingerprint density at radius 3 is 2.70 bits per heavy atom. The number of alkyl halides is 3. The first-order chi connectivity index (χ1) is 15.7. The predicted octanol–water partition coefficient (Wildman–Crippen LogP) is 2.23. The summed E-state index contributed by atoms with van der Waals surface area (Å²) >= 11 is 0. The fraction of sp³-hybridized carbons (Fsp3) is 0.450. The molecule has 0 aromatic heterocycles. The number of benzene rings is 1. The number of hydrogen-bond donors (Lipinski definition) is 1. The minimum absolute atomic E-state index is 0.0607. The van der Waals surface area contributed by atoms with Crippen molar-refractivity contribution in [2.45, 2.75) is 31.5 Å². The van der Waals surface area contributed by atoms with E-state index in [9.17, 15) is 28.1 Å². The SMILES string of the molecule is O=C(ON1C([N+](=O)[O-])=CN2CC[C@H](COc3ccc(C4=CCNCC4)cc3)OC21)C(F)(F)F. The molecule has 0 saturated carbocycles. The third-order valence-electron chi connectivity index (χ3n) is 5.34. The lowest BCUT2D eigenvalue weighted by atomic mass is 10.0. The first kappa shape index (κ1) is 22.9. The summed E-state index contributed by atoms with van der Waals surface area (Å²) in [5, 5.41) is 14.7. The van der Waals surface area contributed by atoms with E-state index in [1.807, 2.05) is 24.3 Å². The monoisotopic (exact) mass is 470 g/mol. The Hall–Kier alpha value is -3.32. The van der Waals surface area contributed by atoms with Crippen LogP contribution in [0.5, 0.6) is 5.75 Å². The second-order valence-electron chi connectivity index (χ2n) is 7.58. The Balaban J connectivity index is 1.37. The molecule has 10 nitrogen and oxygen atoms in total. The number of nitrogens with one attached hydrogen (secondary N) is 1. The van der Waals surface area contributed by atoms with Crippen LogP contribution in [0.2, 0.25) is 0 Å². The molecule has 1 aromatic carbocycles. The Labute approximate surface area is 186 Å². The van der Waals surface area contributed by atoms with E-state index in [1.165, 1.54) is 10.5 Å². The maximum Gasteiger partial charge on any atom is 0.495 e. The van der Waals surface area contributed by atoms with Crippen molar-refractivity contribution < 1.29 is 37.2 Å². The van der Waals surface area contributed by atoms with Crippen LogP contribution in [0.3, 0.4) is 0 Å². The topological polar surface area (TPSA) is 106 Å². The lowest BCUT2D eigenvalue weighted by molar-refractivity contribution is -0.473. The van der Waals surface area contributed by atoms with Crippen molar-refractivity contribution in [1.82, 2.24) is 15.3 Å². The van der Waals surface area contributed by atoms with Gasteiger partial charge in [0.15, 0.2) is 0 Å². The molecule has 0 radical (unpaired) electrons. The number of carbonyl (C=O) groups excluding carboxylic acids is 1. The van der Waals surface area contributed by atoms with Gasteiger partial charge in [-0.15, -0.1) is 0 Å². The van der Waals surface area contributed by atoms with Crippen LogP contribution in [0.1, 0.15) is 18.4 Å². The van der Waals surface area contributed by atoms with Crippen LogP contribution < -0.4 is 10.1 Å². The van der Waals surface area contributed by atoms with Crippen LogP contribution in [0.4, 0.5) is 13.2 Å². The zero-order valence-electron chi connectivity index (χ0n) is 17.3. The quantitative estimate of drug-likeness (QED) is 0.495. The van der Waals surface area contributed by atoms with Crippen LogP contribution >= 0.6 is 0 Å². The first-order valence-corrected chi connectivity index (χ1v) is 10.2. The fourth-order valence-electron chi connectivity index (χ4n) is 3.68. The van der Waals surface area contributed by atoms with Crippen molar-refractivity contribution in [3.63, 3.8) is 0 Å². The van der Waals surface area contributed by atoms with E-state index in [2.05, 4.69) is 16.2 Å². The fourth-order valence-corrected chi connectivity index (χ4v) is 3.68. The molecular weight excluding hydrogens is 449 g/mol. The normalized spacial score (nSPS) is 22.9. The molecule has 1 N–H and O–H groups in total. The highest BCUT2D eigenvalue weighted by molar-refractivity contribution is 5.75. The summed E-state index contributed by atoms with van der Waals surface area (Å²) in [6, 6.07) is 7.51. The highest BCUT2D eigenvalue weighted by Crippen LogP contribution is 2.32. The second-order valence-corrected chi connectivity index (χ2v) is 7.58. The number of ether oxygens (including phenoxy) is 2. The summed E-state index contributed by atoms with van der Waals surface area (Å²) in [6.07, 6.45) is -2.85. The maximum absolute atomic E-state index is 12.6. The Bertz CT molecular complexity index is 966. The molecule has 0 aliphatic carbocycles. The van der Waals surface area contributed by atoms with Crippen LogP contribution in [-0.2, 0) is 14.4 Å². The minimum atomic E-state index is -5.32. The molecule has 33 heavy (non-hydrogen) atoms. The van der Waals surface area contributed by atoms with Gasteiger partial charge in [0, 0.05) is 13.1 Å². The van der Waals surface area contributed by atoms with E-state index < -0.39 is 35.3 Å². The lowest BCUT2D eigenvalue weighted by Crippen LogP contribution is -2.51. The van der Waals surface area contributed by atoms with Crippen LogP contribution in [0.25, 0.3) is 5.57 Å². The molecule has 13 heteroatoms. The standard InChI is InChI=1S/C20H21F3N4O6/c21-20(22,23)18(28)33-26-17(27(29)30)11-25-10-7-16(32-19(25)26)12-31-15-3-1-13(2-4-15)14-5-8-24-9-6-14/h1-5,11,16,19,24H,6-10,12H2/t16-,19?/m1/s1. The van der Waals surface area contributed by atoms with Crippen molar-refractivity contribution in [2.24, 2.45) is 0 Å². The number of rotatable bonds is 6. The van der Waals surface area contributed by atoms with Gasteiger partial charge in [0.05, 0.1) is 6.10 Å². The molecule has 1 aromatic rings. The van der Waals surface area contributed by atoms with Crippen LogP contribution in [-0.4, -0.2) is 65.7 Å². The number of hydrogen-bond acceptors (Lipinski definition) is 9. The molecule has 3 heterocycles. The number of carbonyl (C=O) groups is 1. The number of fused-ring (bicyclic) bond motifs is 1. The van der Waals surface area contributed by atoms with E-state index in [0.717, 1.165) is 31.3 Å². The molecule has 1 fully saturated rings. The van der Waals surface area contributed by atoms with Crippen LogP contribution in [0.15, 0.2) is 42.4 Å². The van der Waals surface area contributed by atoms with Crippen molar-refractivity contribution >= 4 is 11.5 Å². The number of nitro groups is 1. The van der Waals surface area contributed by atoms with Gasteiger partial charge in [-0.05, 0) is 52.6 Å². The molecule has 0 amide bonds. The highest BCUT2D eigenvalue weighted by Gasteiger charge is 2.53. The van der Waals surface area contributed by atoms with E-state index >= 15 is 0 Å². The van der Waals surface area contributed by atoms with Gasteiger partial charge < -0.3 is 29.8 Å². The zero-order chi connectivity index (χ0) is 23.6. The van der Waals surface area contributed by atoms with Gasteiger partial charge in [-0.25, -0.2) is 9.63 Å². The second kappa shape index (κ2) is 9.27. The summed E-state index contributed by atoms with van der Waals surface area (Å²) in [6.45, 7) is 2.04. The summed E-state index contributed by atoms with van der Waals surface area (Å²) < 4.78 is 49.3. The van der Waals surface area contributed by atoms with Crippen LogP contribution in [0, 0.1) is 10.1 Å². The summed E-state index contributed by atoms with van der Waals surface area (Å²) in [7, 11) is 0. The van der Waals surface area contributed by atoms with Crippen molar-refractivity contribution in [2.75, 3.05) is 26.2 Å². The molecule has 1 unspecified atom stereocenters. The number of hydroxylamine groups is 2. The zero-order valence-corrected chi connectivity index (χ0v) is 17.3. The van der Waals surface area contributed by atoms with E-state index in [-0.39, 0.29) is 18.2 Å². The molecule has 0 spiro atoms. The predicted molar refractivity (Wildman–Crippen MR) is 106 cm³/mol. The van der Waals surface area contributed by atoms with E-state index in [0.29, 0.717) is 12.2 Å². The molecule has 1 saturated heterocycles. The van der Waals surface area contributed by atoms with Gasteiger partial charge in [-0.1, -0.05) is 18.2 Å². The Morgan fingerprint density at radius 1 is 1.30 bits per heavy atom. The van der Waals surface area contributed by atoms with Crippen molar-refractivity contribution in [3.8, 4) is 5.75 Å². The Morgan fingerprint density at radius 2 is 2.06 bits per heavy atom. The maximum atomic E-state index is 12.6. The van der Waals surface area contributed by atoms with Gasteiger partial charge in [-0.2, -0.15) is 13.2 Å². The summed E-state index contributed by atoms with van der Waals surface area (Å²) in [4.78, 5) is 27.1. The summed E-state index contributed by atoms with van der Waals surface area (Å²) in [5.41, 5.74) is 2.35. The van der Waals surface area contributed by atoms with Gasteiger partial charge in [0.1, 0.15) is 18.6 Å². The molecule has 2 atom stereocenters. The number of halogens is 3. The largest absolute Gasteiger partial charge is 0.495 e. The molecular formula is C20H21F3N4O6. The third-order valence-corrected chi connectivity index (χ3v) is 5.34. The van der Waals surface area contributed by atoms with E-state index in [4.69, 9.17) is 9.47 Å². The van der Waals surface area contributed by atoms with Crippen molar-refractivity contribution in [3.05, 3.63) is 58.0 Å². The minimum Gasteiger partial charge on any atom is -0.491 e. The molecule has 0 bridgehead atoms. The molecule has 4 rings (SSSR count). The molecule has 3 aliphatic heterocycles. The molecule has 3 aliphatic rings. The highest BCUT2D eigenvalue weighted by atomic mass is 19.4. The lowest BCUT2D eigenvalue weighted by Gasteiger charge is -2.34. The smallest absolute Gasteiger partial charge is 0.491 e. The van der Waals surface area contributed by atoms with E-state index in [1.54, 1.807) is 0 Å². The molecule has 178 valence electrons. The van der Waals surface area contributed by atoms with Gasteiger partial charge in [0.25, 0.3) is 0 Å². The van der Waals surface area contributed by atoms with Gasteiger partial charge in [-0.3, -0.25) is 0 Å². The van der Waals surface area contributed by atoms with Gasteiger partial charge >= 0.3 is 24.3 Å². The average molecular weight is 470 g/mol. The Kier molecular flexibility index (Phi) is 6.42. The first-order valence-electron chi connectivity index (χ1n) is 10.2. The third kappa shape index (κ3) is 5.20.